The average molecular weight is 385 g/mol. The summed E-state index contributed by atoms with van der Waals surface area (Å²) in [5.74, 6) is -0.838. The van der Waals surface area contributed by atoms with E-state index < -0.39 is 18.8 Å². The molecule has 1 amide bonds. The van der Waals surface area contributed by atoms with Gasteiger partial charge < -0.3 is 15.5 Å². The van der Waals surface area contributed by atoms with E-state index in [1.165, 1.54) is 18.2 Å². The van der Waals surface area contributed by atoms with Crippen molar-refractivity contribution >= 4 is 11.9 Å². The van der Waals surface area contributed by atoms with Crippen LogP contribution in [0.25, 0.3) is 0 Å². The van der Waals surface area contributed by atoms with Gasteiger partial charge in [-0.1, -0.05) is 24.3 Å². The van der Waals surface area contributed by atoms with Crippen LogP contribution >= 0.6 is 0 Å². The lowest BCUT2D eigenvalue weighted by Gasteiger charge is -2.26. The first-order valence-electron chi connectivity index (χ1n) is 8.44. The van der Waals surface area contributed by atoms with Crippen LogP contribution in [-0.4, -0.2) is 48.4 Å². The van der Waals surface area contributed by atoms with E-state index in [9.17, 15) is 22.8 Å². The number of nitrogens with zero attached hydrogens (tertiary/aromatic N) is 2. The molecule has 2 N–H and O–H groups in total. The Morgan fingerprint density at radius 3 is 2.15 bits per heavy atom. The molecule has 0 fully saturated rings. The molecule has 6 nitrogen and oxygen atoms in total. The van der Waals surface area contributed by atoms with Crippen molar-refractivity contribution in [3.63, 3.8) is 0 Å². The molecule has 0 saturated heterocycles. The Kier molecular flexibility index (Phi) is 6.48. The molecule has 1 heterocycles. The number of halogens is 3. The zero-order chi connectivity index (χ0) is 20.2. The molecular formula is C18H22F3N3O3. The van der Waals surface area contributed by atoms with Crippen molar-refractivity contribution in [1.29, 1.82) is 0 Å². The molecule has 148 valence electrons. The molecule has 0 bridgehead atoms. The fourth-order valence-corrected chi connectivity index (χ4v) is 3.00. The zero-order valence-corrected chi connectivity index (χ0v) is 15.1. The molecule has 2 aliphatic rings. The van der Waals surface area contributed by atoms with E-state index in [0.29, 0.717) is 6.61 Å². The summed E-state index contributed by atoms with van der Waals surface area (Å²) in [5, 5.41) is 0.882. The predicted molar refractivity (Wildman–Crippen MR) is 91.8 cm³/mol. The van der Waals surface area contributed by atoms with Crippen LogP contribution < -0.4 is 5.73 Å². The SMILES string of the molecule is CCOC(=O)C1Cc2ccccc2C1.CN1C=C(C(N)=O)CN1C(F)(F)F. The Labute approximate surface area is 155 Å². The fraction of sp³-hybridized carbons (Fsp3) is 0.444. The van der Waals surface area contributed by atoms with Crippen LogP contribution in [0.2, 0.25) is 0 Å². The van der Waals surface area contributed by atoms with Gasteiger partial charge in [0, 0.05) is 13.2 Å². The minimum atomic E-state index is -4.48. The molecule has 1 aliphatic carbocycles. The van der Waals surface area contributed by atoms with Crippen molar-refractivity contribution in [2.75, 3.05) is 20.2 Å². The Morgan fingerprint density at radius 1 is 1.22 bits per heavy atom. The van der Waals surface area contributed by atoms with Crippen molar-refractivity contribution in [3.05, 3.63) is 47.2 Å². The number of esters is 1. The van der Waals surface area contributed by atoms with Gasteiger partial charge in [-0.25, -0.2) is 0 Å². The number of carbonyl (C=O) groups is 2. The van der Waals surface area contributed by atoms with Gasteiger partial charge in [0.1, 0.15) is 0 Å². The Morgan fingerprint density at radius 2 is 1.78 bits per heavy atom. The number of primary amides is 1. The van der Waals surface area contributed by atoms with E-state index >= 15 is 0 Å². The van der Waals surface area contributed by atoms with Gasteiger partial charge in [-0.15, -0.1) is 5.01 Å². The molecule has 0 unspecified atom stereocenters. The second-order valence-electron chi connectivity index (χ2n) is 6.24. The number of amides is 1. The number of hydrogen-bond acceptors (Lipinski definition) is 5. The number of benzene rings is 1. The molecule has 0 atom stereocenters. The highest BCUT2D eigenvalue weighted by atomic mass is 19.4. The monoisotopic (exact) mass is 385 g/mol. The zero-order valence-electron chi connectivity index (χ0n) is 15.1. The minimum absolute atomic E-state index is 0.0485. The first-order valence-corrected chi connectivity index (χ1v) is 8.44. The lowest BCUT2D eigenvalue weighted by Crippen LogP contribution is -2.44. The first-order chi connectivity index (χ1) is 12.6. The maximum absolute atomic E-state index is 12.1. The van der Waals surface area contributed by atoms with E-state index in [-0.39, 0.29) is 22.5 Å². The van der Waals surface area contributed by atoms with E-state index in [1.807, 2.05) is 19.1 Å². The largest absolute Gasteiger partial charge is 0.477 e. The quantitative estimate of drug-likeness (QED) is 0.636. The average Bonchev–Trinajstić information content (AvgIpc) is 3.18. The summed E-state index contributed by atoms with van der Waals surface area (Å²) in [5.41, 5.74) is 7.38. The Hall–Kier alpha value is -2.55. The minimum Gasteiger partial charge on any atom is -0.466 e. The maximum Gasteiger partial charge on any atom is 0.477 e. The van der Waals surface area contributed by atoms with Crippen LogP contribution in [0.3, 0.4) is 0 Å². The van der Waals surface area contributed by atoms with E-state index in [1.54, 1.807) is 0 Å². The molecule has 27 heavy (non-hydrogen) atoms. The highest BCUT2D eigenvalue weighted by Crippen LogP contribution is 2.28. The summed E-state index contributed by atoms with van der Waals surface area (Å²) in [6, 6.07) is 8.22. The highest BCUT2D eigenvalue weighted by molar-refractivity contribution is 5.92. The van der Waals surface area contributed by atoms with Gasteiger partial charge in [-0.2, -0.15) is 13.2 Å². The lowest BCUT2D eigenvalue weighted by molar-refractivity contribution is -0.290. The van der Waals surface area contributed by atoms with Crippen LogP contribution in [0.4, 0.5) is 13.2 Å². The van der Waals surface area contributed by atoms with Crippen LogP contribution in [-0.2, 0) is 27.2 Å². The van der Waals surface area contributed by atoms with Gasteiger partial charge in [-0.3, -0.25) is 9.59 Å². The molecular weight excluding hydrogens is 363 g/mol. The number of hydrazine groups is 1. The smallest absolute Gasteiger partial charge is 0.466 e. The van der Waals surface area contributed by atoms with Crippen molar-refractivity contribution in [3.8, 4) is 0 Å². The second kappa shape index (κ2) is 8.43. The second-order valence-corrected chi connectivity index (χ2v) is 6.24. The Balaban J connectivity index is 0.000000194. The summed E-state index contributed by atoms with van der Waals surface area (Å²) in [7, 11) is 1.20. The number of ether oxygens (including phenoxy) is 1. The number of carbonyl (C=O) groups excluding carboxylic acids is 2. The standard InChI is InChI=1S/C12H14O2.C6H8F3N3O/c1-2-14-12(13)11-7-9-5-3-4-6-10(9)8-11;1-11-2-4(5(10)13)3-12(11)6(7,8)9/h3-6,11H,2,7-8H2,1H3;2H,3H2,1H3,(H2,10,13). The molecule has 9 heteroatoms. The van der Waals surface area contributed by atoms with Gasteiger partial charge in [0.25, 0.3) is 0 Å². The van der Waals surface area contributed by atoms with Crippen LogP contribution in [0, 0.1) is 5.92 Å². The van der Waals surface area contributed by atoms with Gasteiger partial charge >= 0.3 is 12.3 Å². The van der Waals surface area contributed by atoms with Crippen LogP contribution in [0.1, 0.15) is 18.1 Å². The van der Waals surface area contributed by atoms with Crippen LogP contribution in [0.5, 0.6) is 0 Å². The summed E-state index contributed by atoms with van der Waals surface area (Å²) in [4.78, 5) is 22.0. The third kappa shape index (κ3) is 5.22. The Bertz CT molecular complexity index is 709. The number of rotatable bonds is 3. The number of fused-ring (bicyclic) bond motifs is 1. The van der Waals surface area contributed by atoms with Gasteiger partial charge in [0.15, 0.2) is 0 Å². The predicted octanol–water partition coefficient (Wildman–Crippen LogP) is 2.00. The molecule has 0 saturated carbocycles. The van der Waals surface area contributed by atoms with Crippen molar-refractivity contribution in [2.45, 2.75) is 26.1 Å². The van der Waals surface area contributed by atoms with Crippen molar-refractivity contribution in [2.24, 2.45) is 11.7 Å². The van der Waals surface area contributed by atoms with Crippen LogP contribution in [0.15, 0.2) is 36.0 Å². The molecule has 1 aromatic carbocycles. The van der Waals surface area contributed by atoms with Crippen molar-refractivity contribution < 1.29 is 27.5 Å². The lowest BCUT2D eigenvalue weighted by atomic mass is 10.1. The van der Waals surface area contributed by atoms with Gasteiger partial charge in [0.05, 0.1) is 24.6 Å². The number of hydrogen-bond donors (Lipinski definition) is 1. The molecule has 3 rings (SSSR count). The number of alkyl halides is 3. The topological polar surface area (TPSA) is 75.9 Å². The summed E-state index contributed by atoms with van der Waals surface area (Å²) in [6.07, 6.45) is -1.73. The first kappa shape index (κ1) is 20.8. The molecule has 0 radical (unpaired) electrons. The summed E-state index contributed by atoms with van der Waals surface area (Å²) >= 11 is 0. The normalized spacial score (nSPS) is 17.1. The molecule has 1 aromatic rings. The molecule has 0 spiro atoms. The molecule has 0 aromatic heterocycles. The fourth-order valence-electron chi connectivity index (χ4n) is 3.00. The van der Waals surface area contributed by atoms with Crippen molar-refractivity contribution in [1.82, 2.24) is 10.0 Å². The van der Waals surface area contributed by atoms with E-state index in [0.717, 1.165) is 24.1 Å². The van der Waals surface area contributed by atoms with E-state index in [2.05, 4.69) is 12.1 Å². The summed E-state index contributed by atoms with van der Waals surface area (Å²) < 4.78 is 41.5. The number of nitrogens with two attached hydrogens (primary N) is 1. The molecule has 1 aliphatic heterocycles. The van der Waals surface area contributed by atoms with Gasteiger partial charge in [0.2, 0.25) is 5.91 Å². The van der Waals surface area contributed by atoms with Gasteiger partial charge in [-0.05, 0) is 30.9 Å². The third-order valence-corrected chi connectivity index (χ3v) is 4.32. The maximum atomic E-state index is 12.1. The summed E-state index contributed by atoms with van der Waals surface area (Å²) in [6.45, 7) is 1.81. The third-order valence-electron chi connectivity index (χ3n) is 4.32. The highest BCUT2D eigenvalue weighted by Gasteiger charge is 2.43. The van der Waals surface area contributed by atoms with E-state index in [4.69, 9.17) is 10.5 Å².